The molecule has 3 rings (SSSR count). The van der Waals surface area contributed by atoms with Gasteiger partial charge in [-0.25, -0.2) is 9.18 Å². The summed E-state index contributed by atoms with van der Waals surface area (Å²) < 4.78 is 18.4. The Morgan fingerprint density at radius 2 is 2.00 bits per heavy atom. The van der Waals surface area contributed by atoms with Crippen LogP contribution in [0.5, 0.6) is 0 Å². The molecule has 2 aromatic rings. The minimum Gasteiger partial charge on any atom is -0.453 e. The summed E-state index contributed by atoms with van der Waals surface area (Å²) >= 11 is 0. The third-order valence-electron chi connectivity index (χ3n) is 4.68. The average molecular weight is 384 g/mol. The second-order valence-corrected chi connectivity index (χ2v) is 6.55. The minimum absolute atomic E-state index is 0.155. The van der Waals surface area contributed by atoms with Crippen molar-refractivity contribution in [2.45, 2.75) is 25.5 Å². The van der Waals surface area contributed by atoms with E-state index in [1.54, 1.807) is 19.2 Å². The Kier molecular flexibility index (Phi) is 6.03. The molecule has 2 aromatic carbocycles. The third-order valence-corrected chi connectivity index (χ3v) is 4.68. The predicted molar refractivity (Wildman–Crippen MR) is 101 cm³/mol. The van der Waals surface area contributed by atoms with Crippen LogP contribution in [0.25, 0.3) is 0 Å². The summed E-state index contributed by atoms with van der Waals surface area (Å²) in [5.41, 5.74) is 1.99. The van der Waals surface area contributed by atoms with Crippen LogP contribution in [0.2, 0.25) is 0 Å². The molecule has 0 aromatic heterocycles. The van der Waals surface area contributed by atoms with Crippen molar-refractivity contribution in [1.29, 1.82) is 0 Å². The monoisotopic (exact) mass is 384 g/mol. The lowest BCUT2D eigenvalue weighted by molar-refractivity contribution is -0.161. The summed E-state index contributed by atoms with van der Waals surface area (Å²) in [5, 5.41) is 3.83. The molecule has 6 nitrogen and oxygen atoms in total. The number of carbonyl (C=O) groups is 2. The number of esters is 1. The molecule has 0 spiro atoms. The Balaban J connectivity index is 1.50. The minimum atomic E-state index is -0.942. The van der Waals surface area contributed by atoms with E-state index in [1.807, 2.05) is 37.3 Å². The predicted octanol–water partition coefficient (Wildman–Crippen LogP) is 3.08. The molecule has 0 bridgehead atoms. The van der Waals surface area contributed by atoms with Crippen molar-refractivity contribution in [3.8, 4) is 0 Å². The highest BCUT2D eigenvalue weighted by Crippen LogP contribution is 2.20. The Hall–Kier alpha value is -3.22. The van der Waals surface area contributed by atoms with Gasteiger partial charge in [0.25, 0.3) is 5.91 Å². The van der Waals surface area contributed by atoms with Crippen molar-refractivity contribution in [2.75, 3.05) is 13.7 Å². The SMILES string of the molecule is CC(c1ccccc1)N(C)C(=O)COC(=O)C1CC(c2cccc(F)c2)=NO1. The van der Waals surface area contributed by atoms with Crippen molar-refractivity contribution in [2.24, 2.45) is 5.16 Å². The van der Waals surface area contributed by atoms with Crippen molar-refractivity contribution in [3.63, 3.8) is 0 Å². The highest BCUT2D eigenvalue weighted by molar-refractivity contribution is 6.03. The van der Waals surface area contributed by atoms with Crippen LogP contribution in [0.4, 0.5) is 4.39 Å². The highest BCUT2D eigenvalue weighted by Gasteiger charge is 2.31. The molecule has 0 saturated carbocycles. The Morgan fingerprint density at radius 3 is 2.71 bits per heavy atom. The zero-order valence-electron chi connectivity index (χ0n) is 15.7. The number of benzene rings is 2. The number of nitrogens with zero attached hydrogens (tertiary/aromatic N) is 2. The number of oxime groups is 1. The van der Waals surface area contributed by atoms with E-state index in [9.17, 15) is 14.0 Å². The molecule has 1 aliphatic rings. The number of amides is 1. The fourth-order valence-electron chi connectivity index (χ4n) is 2.84. The molecule has 146 valence electrons. The van der Waals surface area contributed by atoms with Crippen molar-refractivity contribution in [1.82, 2.24) is 4.90 Å². The summed E-state index contributed by atoms with van der Waals surface area (Å²) in [6.45, 7) is 1.51. The maximum atomic E-state index is 13.3. The van der Waals surface area contributed by atoms with Crippen molar-refractivity contribution in [3.05, 3.63) is 71.5 Å². The largest absolute Gasteiger partial charge is 0.453 e. The molecule has 1 amide bonds. The summed E-state index contributed by atoms with van der Waals surface area (Å²) in [6, 6.07) is 15.3. The first-order chi connectivity index (χ1) is 13.5. The molecule has 0 saturated heterocycles. The second kappa shape index (κ2) is 8.65. The first-order valence-corrected chi connectivity index (χ1v) is 8.91. The molecule has 2 unspecified atom stereocenters. The number of hydrogen-bond acceptors (Lipinski definition) is 5. The van der Waals surface area contributed by atoms with Crippen LogP contribution in [0.3, 0.4) is 0 Å². The number of hydrogen-bond donors (Lipinski definition) is 0. The zero-order chi connectivity index (χ0) is 20.1. The first kappa shape index (κ1) is 19.5. The van der Waals surface area contributed by atoms with Crippen LogP contribution in [0.1, 0.15) is 30.5 Å². The van der Waals surface area contributed by atoms with Gasteiger partial charge in [-0.15, -0.1) is 0 Å². The van der Waals surface area contributed by atoms with Gasteiger partial charge in [-0.2, -0.15) is 0 Å². The maximum Gasteiger partial charge on any atom is 0.351 e. The Bertz CT molecular complexity index is 885. The van der Waals surface area contributed by atoms with Gasteiger partial charge < -0.3 is 14.5 Å². The quantitative estimate of drug-likeness (QED) is 0.718. The van der Waals surface area contributed by atoms with E-state index in [0.717, 1.165) is 5.56 Å². The molecule has 2 atom stereocenters. The van der Waals surface area contributed by atoms with Crippen molar-refractivity contribution < 1.29 is 23.6 Å². The number of rotatable bonds is 6. The molecule has 28 heavy (non-hydrogen) atoms. The standard InChI is InChI=1S/C21H21FN2O4/c1-14(15-7-4-3-5-8-15)24(2)20(25)13-27-21(26)19-12-18(23-28-19)16-9-6-10-17(22)11-16/h3-11,14,19H,12-13H2,1-2H3. The first-order valence-electron chi connectivity index (χ1n) is 8.91. The van der Waals surface area contributed by atoms with Crippen LogP contribution >= 0.6 is 0 Å². The fourth-order valence-corrected chi connectivity index (χ4v) is 2.84. The molecule has 0 N–H and O–H groups in total. The molecule has 7 heteroatoms. The Labute approximate surface area is 162 Å². The smallest absolute Gasteiger partial charge is 0.351 e. The van der Waals surface area contributed by atoms with Gasteiger partial charge in [0.1, 0.15) is 5.82 Å². The van der Waals surface area contributed by atoms with E-state index >= 15 is 0 Å². The van der Waals surface area contributed by atoms with E-state index in [0.29, 0.717) is 11.3 Å². The summed E-state index contributed by atoms with van der Waals surface area (Å²) in [6.07, 6.45) is -0.782. The van der Waals surface area contributed by atoms with E-state index in [-0.39, 0.29) is 25.0 Å². The van der Waals surface area contributed by atoms with Gasteiger partial charge in [-0.1, -0.05) is 47.6 Å². The molecule has 1 heterocycles. The van der Waals surface area contributed by atoms with E-state index in [2.05, 4.69) is 5.16 Å². The molecular formula is C21H21FN2O4. The van der Waals surface area contributed by atoms with Crippen LogP contribution in [0.15, 0.2) is 59.8 Å². The normalized spacial score (nSPS) is 16.7. The topological polar surface area (TPSA) is 68.2 Å². The fraction of sp³-hybridized carbons (Fsp3) is 0.286. The molecule has 0 fully saturated rings. The van der Waals surface area contributed by atoms with Gasteiger partial charge in [0.15, 0.2) is 6.61 Å². The van der Waals surface area contributed by atoms with Crippen LogP contribution in [-0.4, -0.2) is 42.2 Å². The van der Waals surface area contributed by atoms with E-state index in [4.69, 9.17) is 9.57 Å². The maximum absolute atomic E-state index is 13.3. The summed E-state index contributed by atoms with van der Waals surface area (Å²) in [7, 11) is 1.66. The number of likely N-dealkylation sites (N-methyl/N-ethyl adjacent to an activating group) is 1. The average Bonchev–Trinajstić information content (AvgIpc) is 3.21. The highest BCUT2D eigenvalue weighted by atomic mass is 19.1. The number of halogens is 1. The van der Waals surface area contributed by atoms with Crippen LogP contribution in [0, 0.1) is 5.82 Å². The van der Waals surface area contributed by atoms with Gasteiger partial charge in [0, 0.05) is 19.0 Å². The van der Waals surface area contributed by atoms with E-state index < -0.39 is 17.9 Å². The lowest BCUT2D eigenvalue weighted by atomic mass is 10.1. The summed E-state index contributed by atoms with van der Waals surface area (Å²) in [4.78, 5) is 31.1. The van der Waals surface area contributed by atoms with Gasteiger partial charge >= 0.3 is 5.97 Å². The van der Waals surface area contributed by atoms with Crippen LogP contribution in [-0.2, 0) is 19.2 Å². The van der Waals surface area contributed by atoms with Crippen LogP contribution < -0.4 is 0 Å². The molecule has 0 radical (unpaired) electrons. The van der Waals surface area contributed by atoms with Gasteiger partial charge in [0.2, 0.25) is 6.10 Å². The number of ether oxygens (including phenoxy) is 1. The second-order valence-electron chi connectivity index (χ2n) is 6.55. The van der Waals surface area contributed by atoms with Gasteiger partial charge in [-0.05, 0) is 24.6 Å². The molecular weight excluding hydrogens is 363 g/mol. The lowest BCUT2D eigenvalue weighted by Crippen LogP contribution is -2.35. The molecule has 0 aliphatic carbocycles. The van der Waals surface area contributed by atoms with Gasteiger partial charge in [-0.3, -0.25) is 4.79 Å². The van der Waals surface area contributed by atoms with Crippen molar-refractivity contribution >= 4 is 17.6 Å². The lowest BCUT2D eigenvalue weighted by Gasteiger charge is -2.25. The third kappa shape index (κ3) is 4.54. The number of carbonyl (C=O) groups excluding carboxylic acids is 2. The Morgan fingerprint density at radius 1 is 1.25 bits per heavy atom. The molecule has 1 aliphatic heterocycles. The summed E-state index contributed by atoms with van der Waals surface area (Å²) in [5.74, 6) is -1.40. The van der Waals surface area contributed by atoms with E-state index in [1.165, 1.54) is 17.0 Å². The van der Waals surface area contributed by atoms with Gasteiger partial charge in [0.05, 0.1) is 11.8 Å². The zero-order valence-corrected chi connectivity index (χ0v) is 15.7.